The van der Waals surface area contributed by atoms with E-state index in [0.717, 1.165) is 23.9 Å². The maximum atomic E-state index is 12.9. The van der Waals surface area contributed by atoms with E-state index in [2.05, 4.69) is 10.2 Å². The standard InChI is InChI=1S/C32H43F3N2O11S/c1-21(38)36-27(31(43)46-15-6-7-16-48-37(44)45)20-49-30(42)12-5-3-2-4-11-25-26(29(41)18-28(25)40)14-13-23(39)19-47-24-10-8-9-22(17-24)32(33,34)35/h2,4,8-10,13-14,17,23,25-29,39-41H,3,5-7,11-12,15-16,18-20H2,1H3,(H,36,38)/t23-,25-,26-,27?,28+,29-/m1/s1. The van der Waals surface area contributed by atoms with Crippen LogP contribution in [0.25, 0.3) is 0 Å². The van der Waals surface area contributed by atoms with Crippen LogP contribution in [0.1, 0.15) is 57.4 Å². The average molecular weight is 721 g/mol. The van der Waals surface area contributed by atoms with E-state index >= 15 is 0 Å². The summed E-state index contributed by atoms with van der Waals surface area (Å²) in [6.07, 6.45) is 1.70. The van der Waals surface area contributed by atoms with Crippen LogP contribution in [0.15, 0.2) is 48.6 Å². The molecule has 0 spiro atoms. The topological polar surface area (TPSA) is 195 Å². The SMILES string of the molecule is CC(=O)NC(CSC(=O)CCCC=CC[C@@H]1[C@@H](C=C[C@@H](O)COc2cccc(C(F)(F)F)c2)[C@H](O)C[C@@H]1O)C(=O)OCCCCO[N+](=O)[O-]. The van der Waals surface area contributed by atoms with Gasteiger partial charge in [-0.05, 0) is 56.2 Å². The number of benzene rings is 1. The van der Waals surface area contributed by atoms with Gasteiger partial charge in [-0.15, -0.1) is 10.1 Å². The van der Waals surface area contributed by atoms with Crippen molar-refractivity contribution in [3.63, 3.8) is 0 Å². The van der Waals surface area contributed by atoms with Gasteiger partial charge in [-0.25, -0.2) is 4.79 Å². The van der Waals surface area contributed by atoms with Crippen LogP contribution >= 0.6 is 11.8 Å². The lowest BCUT2D eigenvalue weighted by molar-refractivity contribution is -0.757. The molecule has 1 aromatic carbocycles. The lowest BCUT2D eigenvalue weighted by Gasteiger charge is -2.19. The maximum absolute atomic E-state index is 12.9. The number of halogens is 3. The number of esters is 1. The van der Waals surface area contributed by atoms with Crippen LogP contribution in [0.3, 0.4) is 0 Å². The van der Waals surface area contributed by atoms with E-state index in [1.54, 1.807) is 6.08 Å². The number of aliphatic hydroxyl groups excluding tert-OH is 3. The molecule has 1 aromatic rings. The van der Waals surface area contributed by atoms with Crippen LogP contribution in [-0.2, 0) is 30.1 Å². The molecule has 2 rings (SSSR count). The first-order chi connectivity index (χ1) is 23.2. The quantitative estimate of drug-likeness (QED) is 0.0473. The summed E-state index contributed by atoms with van der Waals surface area (Å²) in [5.74, 6) is -2.11. The van der Waals surface area contributed by atoms with Crippen molar-refractivity contribution in [1.82, 2.24) is 5.32 Å². The molecule has 0 bridgehead atoms. The maximum Gasteiger partial charge on any atom is 0.416 e. The number of ether oxygens (including phenoxy) is 2. The van der Waals surface area contributed by atoms with Crippen LogP contribution in [0.4, 0.5) is 13.2 Å². The first kappa shape index (κ1) is 41.5. The molecular formula is C32H43F3N2O11S. The predicted molar refractivity (Wildman–Crippen MR) is 172 cm³/mol. The number of carbonyl (C=O) groups is 3. The molecule has 1 fully saturated rings. The number of nitrogens with zero attached hydrogens (tertiary/aromatic N) is 1. The second-order valence-corrected chi connectivity index (χ2v) is 12.4. The molecule has 1 aliphatic rings. The van der Waals surface area contributed by atoms with E-state index in [9.17, 15) is 53.0 Å². The summed E-state index contributed by atoms with van der Waals surface area (Å²) in [5.41, 5.74) is -0.873. The number of hydrogen-bond acceptors (Lipinski definition) is 12. The van der Waals surface area contributed by atoms with E-state index in [-0.39, 0.29) is 55.2 Å². The molecular weight excluding hydrogens is 677 g/mol. The Morgan fingerprint density at radius 3 is 2.57 bits per heavy atom. The molecule has 0 aliphatic heterocycles. The van der Waals surface area contributed by atoms with Crippen molar-refractivity contribution in [2.75, 3.05) is 25.6 Å². The van der Waals surface area contributed by atoms with Gasteiger partial charge in [-0.2, -0.15) is 13.2 Å². The minimum absolute atomic E-state index is 0.0274. The smallest absolute Gasteiger partial charge is 0.416 e. The van der Waals surface area contributed by atoms with Crippen molar-refractivity contribution in [3.05, 3.63) is 64.2 Å². The molecule has 1 amide bonds. The number of unbranched alkanes of at least 4 members (excludes halogenated alkanes) is 2. The van der Waals surface area contributed by atoms with Crippen molar-refractivity contribution < 1.29 is 62.3 Å². The van der Waals surface area contributed by atoms with Gasteiger partial charge in [0.15, 0.2) is 5.12 Å². The highest BCUT2D eigenvalue weighted by Crippen LogP contribution is 2.36. The van der Waals surface area contributed by atoms with Crippen molar-refractivity contribution in [3.8, 4) is 5.75 Å². The fraction of sp³-hybridized carbons (Fsp3) is 0.594. The molecule has 0 heterocycles. The van der Waals surface area contributed by atoms with Gasteiger partial charge < -0.3 is 34.9 Å². The Balaban J connectivity index is 1.73. The fourth-order valence-electron chi connectivity index (χ4n) is 4.98. The highest BCUT2D eigenvalue weighted by atomic mass is 32.2. The molecule has 0 radical (unpaired) electrons. The fourth-order valence-corrected chi connectivity index (χ4v) is 5.84. The third-order valence-corrected chi connectivity index (χ3v) is 8.46. The molecule has 0 aromatic heterocycles. The Bertz CT molecular complexity index is 1280. The van der Waals surface area contributed by atoms with Gasteiger partial charge >= 0.3 is 12.1 Å². The summed E-state index contributed by atoms with van der Waals surface area (Å²) in [4.78, 5) is 50.5. The third kappa shape index (κ3) is 16.5. The lowest BCUT2D eigenvalue weighted by atomic mass is 9.89. The first-order valence-corrected chi connectivity index (χ1v) is 16.7. The second kappa shape index (κ2) is 21.4. The third-order valence-electron chi connectivity index (χ3n) is 7.43. The van der Waals surface area contributed by atoms with Crippen molar-refractivity contribution in [2.24, 2.45) is 11.8 Å². The largest absolute Gasteiger partial charge is 0.491 e. The van der Waals surface area contributed by atoms with E-state index < -0.39 is 59.0 Å². The van der Waals surface area contributed by atoms with Gasteiger partial charge in [0.2, 0.25) is 5.91 Å². The summed E-state index contributed by atoms with van der Waals surface area (Å²) < 4.78 is 49.1. The first-order valence-electron chi connectivity index (χ1n) is 15.7. The average Bonchev–Trinajstić information content (AvgIpc) is 3.30. The van der Waals surface area contributed by atoms with Gasteiger partial charge in [0.05, 0.1) is 31.0 Å². The zero-order chi connectivity index (χ0) is 36.4. The van der Waals surface area contributed by atoms with Crippen LogP contribution in [0, 0.1) is 22.0 Å². The Morgan fingerprint density at radius 1 is 1.14 bits per heavy atom. The summed E-state index contributed by atoms with van der Waals surface area (Å²) in [6, 6.07) is 3.25. The normalized spacial score (nSPS) is 20.6. The van der Waals surface area contributed by atoms with Crippen molar-refractivity contribution >= 4 is 28.8 Å². The molecule has 0 saturated heterocycles. The number of nitrogens with one attached hydrogen (secondary N) is 1. The minimum Gasteiger partial charge on any atom is -0.491 e. The van der Waals surface area contributed by atoms with Crippen LogP contribution < -0.4 is 10.1 Å². The zero-order valence-electron chi connectivity index (χ0n) is 27.0. The molecule has 1 aliphatic carbocycles. The molecule has 6 atom stereocenters. The van der Waals surface area contributed by atoms with Crippen LogP contribution in [0.2, 0.25) is 0 Å². The number of allylic oxidation sites excluding steroid dienone is 2. The minimum atomic E-state index is -4.53. The van der Waals surface area contributed by atoms with E-state index in [1.165, 1.54) is 25.1 Å². The number of thioether (sulfide) groups is 1. The predicted octanol–water partition coefficient (Wildman–Crippen LogP) is 3.77. The van der Waals surface area contributed by atoms with Gasteiger partial charge in [-0.1, -0.05) is 42.1 Å². The molecule has 1 saturated carbocycles. The summed E-state index contributed by atoms with van der Waals surface area (Å²) in [6.45, 7) is 0.750. The van der Waals surface area contributed by atoms with E-state index in [1.807, 2.05) is 12.2 Å². The highest BCUT2D eigenvalue weighted by molar-refractivity contribution is 8.13. The Kier molecular flexibility index (Phi) is 18.1. The molecule has 17 heteroatoms. The summed E-state index contributed by atoms with van der Waals surface area (Å²) in [7, 11) is 0. The molecule has 1 unspecified atom stereocenters. The number of alkyl halides is 3. The highest BCUT2D eigenvalue weighted by Gasteiger charge is 2.39. The molecule has 274 valence electrons. The number of aliphatic hydroxyl groups is 3. The van der Waals surface area contributed by atoms with Gasteiger partial charge in [0, 0.05) is 31.4 Å². The van der Waals surface area contributed by atoms with E-state index in [0.29, 0.717) is 32.1 Å². The molecule has 49 heavy (non-hydrogen) atoms. The lowest BCUT2D eigenvalue weighted by Crippen LogP contribution is -2.43. The van der Waals surface area contributed by atoms with E-state index in [4.69, 9.17) is 9.47 Å². The molecule has 13 nitrogen and oxygen atoms in total. The van der Waals surface area contributed by atoms with Crippen molar-refractivity contribution in [1.29, 1.82) is 0 Å². The summed E-state index contributed by atoms with van der Waals surface area (Å²) in [5, 5.41) is 42.7. The molecule has 4 N–H and O–H groups in total. The van der Waals surface area contributed by atoms with Crippen LogP contribution in [0.5, 0.6) is 5.75 Å². The Labute approximate surface area is 286 Å². The van der Waals surface area contributed by atoms with Crippen LogP contribution in [-0.4, -0.2) is 87.3 Å². The Hall–Kier alpha value is -3.67. The number of amides is 1. The monoisotopic (exact) mass is 720 g/mol. The number of hydrogen-bond donors (Lipinski definition) is 4. The second-order valence-electron chi connectivity index (χ2n) is 11.4. The van der Waals surface area contributed by atoms with Gasteiger partial charge in [0.1, 0.15) is 24.5 Å². The van der Waals surface area contributed by atoms with Crippen molar-refractivity contribution in [2.45, 2.75) is 82.4 Å². The zero-order valence-corrected chi connectivity index (χ0v) is 27.8. The van der Waals surface area contributed by atoms with Gasteiger partial charge in [0.25, 0.3) is 5.09 Å². The Morgan fingerprint density at radius 2 is 1.88 bits per heavy atom. The number of rotatable bonds is 21. The van der Waals surface area contributed by atoms with Gasteiger partial charge in [-0.3, -0.25) is 9.59 Å². The number of carbonyl (C=O) groups excluding carboxylic acids is 3. The summed E-state index contributed by atoms with van der Waals surface area (Å²) >= 11 is 0.885.